The highest BCUT2D eigenvalue weighted by molar-refractivity contribution is 5.34. The summed E-state index contributed by atoms with van der Waals surface area (Å²) in [6.45, 7) is 4.94. The summed E-state index contributed by atoms with van der Waals surface area (Å²) >= 11 is 0. The molecule has 0 saturated heterocycles. The molecule has 0 aliphatic carbocycles. The normalized spacial score (nSPS) is 12.2. The number of rotatable bonds is 5. The number of methoxy groups -OCH3 is 1. The van der Waals surface area contributed by atoms with Gasteiger partial charge in [-0.2, -0.15) is 0 Å². The van der Waals surface area contributed by atoms with Gasteiger partial charge in [-0.25, -0.2) is 0 Å². The average Bonchev–Trinajstić information content (AvgIpc) is 2.48. The van der Waals surface area contributed by atoms with Gasteiger partial charge in [-0.05, 0) is 61.2 Å². The Morgan fingerprint density at radius 2 is 1.85 bits per heavy atom. The van der Waals surface area contributed by atoms with Gasteiger partial charge < -0.3 is 10.5 Å². The van der Waals surface area contributed by atoms with E-state index in [1.165, 1.54) is 22.3 Å². The molecule has 106 valence electrons. The summed E-state index contributed by atoms with van der Waals surface area (Å²) < 4.78 is 5.28. The first-order valence-corrected chi connectivity index (χ1v) is 7.04. The quantitative estimate of drug-likeness (QED) is 0.900. The summed E-state index contributed by atoms with van der Waals surface area (Å²) in [5.74, 6) is 1.25. The zero-order chi connectivity index (χ0) is 14.5. The first-order valence-electron chi connectivity index (χ1n) is 7.04. The molecule has 0 spiro atoms. The number of ether oxygens (including phenoxy) is 1. The molecule has 0 amide bonds. The van der Waals surface area contributed by atoms with Gasteiger partial charge in [0, 0.05) is 5.92 Å². The van der Waals surface area contributed by atoms with Gasteiger partial charge in [0.1, 0.15) is 5.75 Å². The van der Waals surface area contributed by atoms with E-state index >= 15 is 0 Å². The minimum atomic E-state index is 0.349. The first kappa shape index (κ1) is 14.6. The van der Waals surface area contributed by atoms with Crippen LogP contribution in [0.3, 0.4) is 0 Å². The lowest BCUT2D eigenvalue weighted by Gasteiger charge is -2.17. The molecule has 2 rings (SSSR count). The molecule has 0 aliphatic rings. The van der Waals surface area contributed by atoms with Crippen LogP contribution in [0.2, 0.25) is 0 Å². The summed E-state index contributed by atoms with van der Waals surface area (Å²) in [6.07, 6.45) is 0.941. The number of benzene rings is 2. The zero-order valence-corrected chi connectivity index (χ0v) is 12.5. The molecule has 0 saturated carbocycles. The Hall–Kier alpha value is -1.80. The van der Waals surface area contributed by atoms with Crippen molar-refractivity contribution in [3.05, 3.63) is 64.7 Å². The molecule has 20 heavy (non-hydrogen) atoms. The van der Waals surface area contributed by atoms with Crippen molar-refractivity contribution in [2.75, 3.05) is 13.7 Å². The molecule has 0 radical (unpaired) electrons. The minimum Gasteiger partial charge on any atom is -0.497 e. The van der Waals surface area contributed by atoms with Crippen molar-refractivity contribution in [2.45, 2.75) is 26.2 Å². The molecule has 2 aromatic rings. The molecule has 0 heterocycles. The molecule has 1 atom stereocenters. The monoisotopic (exact) mass is 269 g/mol. The number of hydrogen-bond donors (Lipinski definition) is 1. The van der Waals surface area contributed by atoms with Gasteiger partial charge in [-0.3, -0.25) is 0 Å². The van der Waals surface area contributed by atoms with Crippen LogP contribution >= 0.6 is 0 Å². The van der Waals surface area contributed by atoms with E-state index in [-0.39, 0.29) is 0 Å². The van der Waals surface area contributed by atoms with E-state index in [0.29, 0.717) is 12.5 Å². The standard InChI is InChI=1S/C18H23NO/c1-13-7-8-16(9-14(13)2)17(12-19)10-15-5-4-6-18(11-15)20-3/h4-9,11,17H,10,12,19H2,1-3H3. The molecule has 0 bridgehead atoms. The van der Waals surface area contributed by atoms with Crippen LogP contribution in [-0.4, -0.2) is 13.7 Å². The second-order valence-corrected chi connectivity index (χ2v) is 5.33. The van der Waals surface area contributed by atoms with Crippen LogP contribution in [0.4, 0.5) is 0 Å². The van der Waals surface area contributed by atoms with E-state index in [1.807, 2.05) is 12.1 Å². The van der Waals surface area contributed by atoms with Gasteiger partial charge in [0.25, 0.3) is 0 Å². The Bertz CT molecular complexity index is 577. The van der Waals surface area contributed by atoms with Crippen LogP contribution in [0.25, 0.3) is 0 Å². The average molecular weight is 269 g/mol. The van der Waals surface area contributed by atoms with Crippen LogP contribution in [-0.2, 0) is 6.42 Å². The third kappa shape index (κ3) is 3.40. The summed E-state index contributed by atoms with van der Waals surface area (Å²) in [7, 11) is 1.70. The van der Waals surface area contributed by atoms with E-state index in [9.17, 15) is 0 Å². The second-order valence-electron chi connectivity index (χ2n) is 5.33. The van der Waals surface area contributed by atoms with Crippen LogP contribution in [0.5, 0.6) is 5.75 Å². The van der Waals surface area contributed by atoms with Crippen LogP contribution in [0.15, 0.2) is 42.5 Å². The van der Waals surface area contributed by atoms with Gasteiger partial charge in [0.2, 0.25) is 0 Å². The first-order chi connectivity index (χ1) is 9.63. The summed E-state index contributed by atoms with van der Waals surface area (Å²) in [4.78, 5) is 0. The molecule has 0 aliphatic heterocycles. The highest BCUT2D eigenvalue weighted by Crippen LogP contribution is 2.24. The fraction of sp³-hybridized carbons (Fsp3) is 0.333. The molecular formula is C18H23NO. The topological polar surface area (TPSA) is 35.2 Å². The van der Waals surface area contributed by atoms with Gasteiger partial charge in [0.15, 0.2) is 0 Å². The maximum atomic E-state index is 5.98. The third-order valence-electron chi connectivity index (χ3n) is 3.90. The van der Waals surface area contributed by atoms with Gasteiger partial charge in [-0.1, -0.05) is 30.3 Å². The van der Waals surface area contributed by atoms with Crippen LogP contribution in [0, 0.1) is 13.8 Å². The molecule has 2 N–H and O–H groups in total. The summed E-state index contributed by atoms with van der Waals surface area (Å²) in [5, 5.41) is 0. The number of hydrogen-bond acceptors (Lipinski definition) is 2. The maximum Gasteiger partial charge on any atom is 0.119 e. The van der Waals surface area contributed by atoms with Crippen molar-refractivity contribution < 1.29 is 4.74 Å². The fourth-order valence-corrected chi connectivity index (χ4v) is 2.44. The fourth-order valence-electron chi connectivity index (χ4n) is 2.44. The van der Waals surface area contributed by atoms with Gasteiger partial charge in [-0.15, -0.1) is 0 Å². The second kappa shape index (κ2) is 6.58. The minimum absolute atomic E-state index is 0.349. The molecule has 1 unspecified atom stereocenters. The third-order valence-corrected chi connectivity index (χ3v) is 3.90. The van der Waals surface area contributed by atoms with E-state index in [4.69, 9.17) is 10.5 Å². The van der Waals surface area contributed by atoms with Crippen molar-refractivity contribution in [3.8, 4) is 5.75 Å². The molecular weight excluding hydrogens is 246 g/mol. The SMILES string of the molecule is COc1cccc(CC(CN)c2ccc(C)c(C)c2)c1. The van der Waals surface area contributed by atoms with Gasteiger partial charge >= 0.3 is 0 Å². The molecule has 0 fully saturated rings. The van der Waals surface area contributed by atoms with Crippen molar-refractivity contribution in [1.29, 1.82) is 0 Å². The van der Waals surface area contributed by atoms with Crippen LogP contribution in [0.1, 0.15) is 28.2 Å². The number of aryl methyl sites for hydroxylation is 2. The highest BCUT2D eigenvalue weighted by Gasteiger charge is 2.12. The molecule has 2 heteroatoms. The van der Waals surface area contributed by atoms with Crippen molar-refractivity contribution in [1.82, 2.24) is 0 Å². The molecule has 2 nitrogen and oxygen atoms in total. The zero-order valence-electron chi connectivity index (χ0n) is 12.5. The Labute approximate surface area is 121 Å². The van der Waals surface area contributed by atoms with Crippen molar-refractivity contribution in [2.24, 2.45) is 5.73 Å². The lowest BCUT2D eigenvalue weighted by molar-refractivity contribution is 0.414. The lowest BCUT2D eigenvalue weighted by Crippen LogP contribution is -2.15. The van der Waals surface area contributed by atoms with Crippen molar-refractivity contribution >= 4 is 0 Å². The van der Waals surface area contributed by atoms with E-state index in [2.05, 4.69) is 44.2 Å². The van der Waals surface area contributed by atoms with E-state index in [0.717, 1.165) is 12.2 Å². The Morgan fingerprint density at radius 3 is 2.50 bits per heavy atom. The Morgan fingerprint density at radius 1 is 1.05 bits per heavy atom. The van der Waals surface area contributed by atoms with Crippen molar-refractivity contribution in [3.63, 3.8) is 0 Å². The molecule has 2 aromatic carbocycles. The summed E-state index contributed by atoms with van der Waals surface area (Å²) in [5.41, 5.74) is 11.2. The Kier molecular flexibility index (Phi) is 4.80. The highest BCUT2D eigenvalue weighted by atomic mass is 16.5. The van der Waals surface area contributed by atoms with Gasteiger partial charge in [0.05, 0.1) is 7.11 Å². The Balaban J connectivity index is 2.21. The summed E-state index contributed by atoms with van der Waals surface area (Å²) in [6, 6.07) is 14.8. The lowest BCUT2D eigenvalue weighted by atomic mass is 9.90. The predicted molar refractivity (Wildman–Crippen MR) is 84.4 cm³/mol. The van der Waals surface area contributed by atoms with E-state index < -0.39 is 0 Å². The molecule has 0 aromatic heterocycles. The smallest absolute Gasteiger partial charge is 0.119 e. The maximum absolute atomic E-state index is 5.98. The van der Waals surface area contributed by atoms with Crippen LogP contribution < -0.4 is 10.5 Å². The number of nitrogens with two attached hydrogens (primary N) is 1. The largest absolute Gasteiger partial charge is 0.497 e. The van der Waals surface area contributed by atoms with E-state index in [1.54, 1.807) is 7.11 Å². The predicted octanol–water partition coefficient (Wildman–Crippen LogP) is 3.60.